The van der Waals surface area contributed by atoms with E-state index in [1.807, 2.05) is 12.1 Å². The number of amides is 1. The molecular formula is C22H26N6O3. The van der Waals surface area contributed by atoms with E-state index in [1.54, 1.807) is 29.2 Å². The molecule has 1 unspecified atom stereocenters. The Morgan fingerprint density at radius 3 is 2.94 bits per heavy atom. The van der Waals surface area contributed by atoms with E-state index in [2.05, 4.69) is 25.2 Å². The summed E-state index contributed by atoms with van der Waals surface area (Å²) >= 11 is 0. The number of aryl methyl sites for hydroxylation is 1. The molecule has 9 nitrogen and oxygen atoms in total. The predicted molar refractivity (Wildman–Crippen MR) is 113 cm³/mol. The van der Waals surface area contributed by atoms with Gasteiger partial charge in [0.05, 0.1) is 18.0 Å². The molecular weight excluding hydrogens is 396 g/mol. The minimum atomic E-state index is -0.190. The molecule has 1 aromatic carbocycles. The molecule has 1 N–H and O–H groups in total. The second-order valence-corrected chi connectivity index (χ2v) is 7.99. The lowest BCUT2D eigenvalue weighted by atomic mass is 10.2. The smallest absolute Gasteiger partial charge is 0.255 e. The first kappa shape index (κ1) is 19.7. The number of nitrogens with zero attached hydrogens (tertiary/aromatic N) is 5. The van der Waals surface area contributed by atoms with Gasteiger partial charge in [-0.15, -0.1) is 10.2 Å². The van der Waals surface area contributed by atoms with Crippen LogP contribution in [0.4, 0.5) is 5.69 Å². The number of fused-ring (bicyclic) bond motifs is 1. The fraction of sp³-hybridized carbons (Fsp3) is 0.455. The lowest BCUT2D eigenvalue weighted by Gasteiger charge is -2.14. The molecule has 1 saturated heterocycles. The third-order valence-corrected chi connectivity index (χ3v) is 5.71. The zero-order valence-corrected chi connectivity index (χ0v) is 17.4. The molecule has 4 heterocycles. The molecule has 1 fully saturated rings. The van der Waals surface area contributed by atoms with Gasteiger partial charge >= 0.3 is 0 Å². The molecule has 0 spiro atoms. The Morgan fingerprint density at radius 1 is 1.19 bits per heavy atom. The summed E-state index contributed by atoms with van der Waals surface area (Å²) in [6, 6.07) is 7.13. The maximum atomic E-state index is 12.6. The first-order chi connectivity index (χ1) is 15.2. The maximum Gasteiger partial charge on any atom is 0.255 e. The zero-order valence-electron chi connectivity index (χ0n) is 17.4. The highest BCUT2D eigenvalue weighted by Crippen LogP contribution is 2.18. The Hall–Kier alpha value is -3.20. The summed E-state index contributed by atoms with van der Waals surface area (Å²) in [5.41, 5.74) is 1.20. The van der Waals surface area contributed by atoms with Crippen LogP contribution in [0, 0.1) is 0 Å². The molecule has 31 heavy (non-hydrogen) atoms. The third kappa shape index (κ3) is 4.61. The van der Waals surface area contributed by atoms with Crippen LogP contribution in [-0.4, -0.2) is 49.8 Å². The summed E-state index contributed by atoms with van der Waals surface area (Å²) in [4.78, 5) is 12.6. The van der Waals surface area contributed by atoms with E-state index in [0.717, 1.165) is 62.7 Å². The lowest BCUT2D eigenvalue weighted by Crippen LogP contribution is -2.16. The van der Waals surface area contributed by atoms with Crippen LogP contribution in [0.15, 0.2) is 36.7 Å². The normalized spacial score (nSPS) is 18.0. The van der Waals surface area contributed by atoms with Gasteiger partial charge in [0, 0.05) is 31.3 Å². The summed E-state index contributed by atoms with van der Waals surface area (Å²) in [6.45, 7) is 2.83. The molecule has 0 radical (unpaired) electrons. The molecule has 3 aromatic rings. The molecule has 2 aliphatic heterocycles. The van der Waals surface area contributed by atoms with Crippen molar-refractivity contribution in [2.75, 3.05) is 18.5 Å². The number of nitrogens with one attached hydrogen (secondary N) is 1. The Bertz CT molecular complexity index is 1040. The number of ether oxygens (including phenoxy) is 2. The predicted octanol–water partition coefficient (Wildman–Crippen LogP) is 2.67. The minimum absolute atomic E-state index is 0.169. The van der Waals surface area contributed by atoms with Gasteiger partial charge in [-0.1, -0.05) is 0 Å². The number of hydrogen-bond donors (Lipinski definition) is 1. The van der Waals surface area contributed by atoms with E-state index >= 15 is 0 Å². The third-order valence-electron chi connectivity index (χ3n) is 5.71. The average molecular weight is 422 g/mol. The monoisotopic (exact) mass is 422 g/mol. The van der Waals surface area contributed by atoms with Crippen LogP contribution in [0.2, 0.25) is 0 Å². The van der Waals surface area contributed by atoms with Crippen LogP contribution in [0.1, 0.15) is 47.7 Å². The van der Waals surface area contributed by atoms with Crippen molar-refractivity contribution in [2.24, 2.45) is 0 Å². The molecule has 2 aromatic heterocycles. The van der Waals surface area contributed by atoms with Gasteiger partial charge in [-0.2, -0.15) is 5.10 Å². The summed E-state index contributed by atoms with van der Waals surface area (Å²) in [5, 5.41) is 15.8. The lowest BCUT2D eigenvalue weighted by molar-refractivity contribution is 0.0679. The van der Waals surface area contributed by atoms with E-state index in [1.165, 1.54) is 0 Å². The van der Waals surface area contributed by atoms with Crippen molar-refractivity contribution in [3.05, 3.63) is 53.9 Å². The van der Waals surface area contributed by atoms with E-state index in [9.17, 15) is 4.79 Å². The fourth-order valence-electron chi connectivity index (χ4n) is 4.02. The van der Waals surface area contributed by atoms with Crippen molar-refractivity contribution >= 4 is 11.6 Å². The van der Waals surface area contributed by atoms with Crippen LogP contribution >= 0.6 is 0 Å². The van der Waals surface area contributed by atoms with Crippen molar-refractivity contribution < 1.29 is 14.3 Å². The van der Waals surface area contributed by atoms with E-state index in [4.69, 9.17) is 9.47 Å². The largest absolute Gasteiger partial charge is 0.491 e. The highest BCUT2D eigenvalue weighted by Gasteiger charge is 2.17. The summed E-state index contributed by atoms with van der Waals surface area (Å²) in [5.74, 6) is 2.49. The number of carbonyl (C=O) groups is 1. The van der Waals surface area contributed by atoms with Crippen LogP contribution in [0.5, 0.6) is 5.75 Å². The number of benzene rings is 1. The highest BCUT2D eigenvalue weighted by atomic mass is 16.5. The Kier molecular flexibility index (Phi) is 5.66. The first-order valence-electron chi connectivity index (χ1n) is 10.8. The summed E-state index contributed by atoms with van der Waals surface area (Å²) in [7, 11) is 0. The van der Waals surface area contributed by atoms with Crippen molar-refractivity contribution in [1.82, 2.24) is 24.5 Å². The Labute approximate surface area is 180 Å². The SMILES string of the molecule is O=C(Nc1cnn(Cc2nnc3n2CCCC3)c1)c1ccc(OCC2CCCO2)cc1. The molecule has 2 aliphatic rings. The average Bonchev–Trinajstić information content (AvgIpc) is 3.55. The van der Waals surface area contributed by atoms with Gasteiger partial charge in [0.25, 0.3) is 5.91 Å². The van der Waals surface area contributed by atoms with Gasteiger partial charge in [-0.25, -0.2) is 0 Å². The van der Waals surface area contributed by atoms with E-state index in [-0.39, 0.29) is 12.0 Å². The van der Waals surface area contributed by atoms with E-state index in [0.29, 0.717) is 24.4 Å². The standard InChI is InChI=1S/C22H26N6O3/c29-22(16-6-8-18(9-7-16)31-15-19-4-3-11-30-19)24-17-12-23-27(13-17)14-21-26-25-20-5-1-2-10-28(20)21/h6-9,12-13,19H,1-5,10-11,14-15H2,(H,24,29). The maximum absolute atomic E-state index is 12.6. The molecule has 9 heteroatoms. The van der Waals surface area contributed by atoms with Crippen LogP contribution in [-0.2, 0) is 24.2 Å². The number of hydrogen-bond acceptors (Lipinski definition) is 6. The quantitative estimate of drug-likeness (QED) is 0.629. The van der Waals surface area contributed by atoms with Gasteiger partial charge in [0.15, 0.2) is 5.82 Å². The number of carbonyl (C=O) groups excluding carboxylic acids is 1. The zero-order chi connectivity index (χ0) is 21.0. The highest BCUT2D eigenvalue weighted by molar-refractivity contribution is 6.04. The van der Waals surface area contributed by atoms with Gasteiger partial charge in [-0.05, 0) is 49.9 Å². The van der Waals surface area contributed by atoms with Gasteiger partial charge in [0.1, 0.15) is 24.7 Å². The fourth-order valence-corrected chi connectivity index (χ4v) is 4.02. The summed E-state index contributed by atoms with van der Waals surface area (Å²) in [6.07, 6.45) is 9.04. The number of aromatic nitrogens is 5. The van der Waals surface area contributed by atoms with Crippen molar-refractivity contribution in [1.29, 1.82) is 0 Å². The Morgan fingerprint density at radius 2 is 2.10 bits per heavy atom. The molecule has 0 bridgehead atoms. The number of rotatable bonds is 7. The second kappa shape index (κ2) is 8.89. The molecule has 1 amide bonds. The van der Waals surface area contributed by atoms with Crippen molar-refractivity contribution in [3.8, 4) is 5.75 Å². The van der Waals surface area contributed by atoms with Crippen LogP contribution in [0.3, 0.4) is 0 Å². The minimum Gasteiger partial charge on any atom is -0.491 e. The molecule has 0 aliphatic carbocycles. The molecule has 162 valence electrons. The van der Waals surface area contributed by atoms with E-state index < -0.39 is 0 Å². The van der Waals surface area contributed by atoms with Crippen LogP contribution in [0.25, 0.3) is 0 Å². The van der Waals surface area contributed by atoms with Crippen molar-refractivity contribution in [3.63, 3.8) is 0 Å². The van der Waals surface area contributed by atoms with Crippen LogP contribution < -0.4 is 10.1 Å². The second-order valence-electron chi connectivity index (χ2n) is 7.99. The topological polar surface area (TPSA) is 96.1 Å². The molecule has 5 rings (SSSR count). The first-order valence-corrected chi connectivity index (χ1v) is 10.8. The molecule has 0 saturated carbocycles. The van der Waals surface area contributed by atoms with Gasteiger partial charge < -0.3 is 19.4 Å². The molecule has 1 atom stereocenters. The van der Waals surface area contributed by atoms with Crippen molar-refractivity contribution in [2.45, 2.75) is 51.3 Å². The van der Waals surface area contributed by atoms with Gasteiger partial charge in [0.2, 0.25) is 0 Å². The Balaban J connectivity index is 1.16. The number of anilines is 1. The van der Waals surface area contributed by atoms with Gasteiger partial charge in [-0.3, -0.25) is 9.48 Å². The summed E-state index contributed by atoms with van der Waals surface area (Å²) < 4.78 is 15.3.